The van der Waals surface area contributed by atoms with Crippen molar-refractivity contribution in [3.8, 4) is 38.6 Å². The maximum atomic E-state index is 7.01. The smallest absolute Gasteiger partial charge is 0.299 e. The van der Waals surface area contributed by atoms with Crippen LogP contribution in [0.15, 0.2) is 132 Å². The summed E-state index contributed by atoms with van der Waals surface area (Å²) in [6.07, 6.45) is 0. The Balaban J connectivity index is 1.34. The number of furan rings is 1. The molecule has 0 aliphatic heterocycles. The lowest BCUT2D eigenvalue weighted by Crippen LogP contribution is -2.30. The molecule has 250 valence electrons. The molecule has 3 aromatic heterocycles. The second-order valence-corrected chi connectivity index (χ2v) is 15.6. The Morgan fingerprint density at radius 2 is 1.33 bits per heavy atom. The standard InChI is InChI=1S/C47H41N2OS/c1-28(2)37-24-34(31-14-8-7-9-15-31)25-38(29(3)4)45(37)49-40-18-12-11-17-39(40)48(6)47(49)44-30(5)20-22-36-35-23-21-33(26-41(35)50-46(36)44)43-27-32-16-10-13-19-42(32)51-43/h7-29H,1-6H3/q+1. The summed E-state index contributed by atoms with van der Waals surface area (Å²) in [4.78, 5) is 1.25. The maximum Gasteiger partial charge on any atom is 0.299 e. The molecule has 0 aliphatic carbocycles. The molecule has 0 spiro atoms. The largest absolute Gasteiger partial charge is 0.455 e. The molecule has 51 heavy (non-hydrogen) atoms. The van der Waals surface area contributed by atoms with Crippen molar-refractivity contribution in [1.82, 2.24) is 4.57 Å². The monoisotopic (exact) mass is 681 g/mol. The third-order valence-corrected chi connectivity index (χ3v) is 11.7. The summed E-state index contributed by atoms with van der Waals surface area (Å²) in [5.41, 5.74) is 14.2. The highest BCUT2D eigenvalue weighted by Crippen LogP contribution is 2.44. The Bertz CT molecular complexity index is 2710. The minimum Gasteiger partial charge on any atom is -0.455 e. The van der Waals surface area contributed by atoms with E-state index in [1.54, 1.807) is 0 Å². The molecule has 9 aromatic rings. The molecule has 9 rings (SSSR count). The van der Waals surface area contributed by atoms with E-state index >= 15 is 0 Å². The predicted octanol–water partition coefficient (Wildman–Crippen LogP) is 13.1. The molecule has 6 aromatic carbocycles. The lowest BCUT2D eigenvalue weighted by molar-refractivity contribution is -0.633. The normalized spacial score (nSPS) is 12.1. The van der Waals surface area contributed by atoms with Crippen LogP contribution in [0.2, 0.25) is 0 Å². The van der Waals surface area contributed by atoms with E-state index in [4.69, 9.17) is 4.42 Å². The van der Waals surface area contributed by atoms with Gasteiger partial charge in [0.1, 0.15) is 16.8 Å². The molecule has 3 heterocycles. The Morgan fingerprint density at radius 3 is 2.08 bits per heavy atom. The van der Waals surface area contributed by atoms with Gasteiger partial charge in [0.2, 0.25) is 0 Å². The van der Waals surface area contributed by atoms with Crippen molar-refractivity contribution in [3.05, 3.63) is 144 Å². The number of para-hydroxylation sites is 2. The maximum absolute atomic E-state index is 7.01. The Hall–Kier alpha value is -5.45. The number of nitrogens with zero attached hydrogens (tertiary/aromatic N) is 2. The molecule has 3 nitrogen and oxygen atoms in total. The summed E-state index contributed by atoms with van der Waals surface area (Å²) in [7, 11) is 2.21. The average molecular weight is 682 g/mol. The third kappa shape index (κ3) is 5.04. The first kappa shape index (κ1) is 31.5. The molecule has 0 N–H and O–H groups in total. The van der Waals surface area contributed by atoms with Crippen molar-refractivity contribution in [1.29, 1.82) is 0 Å². The molecule has 0 amide bonds. The molecule has 0 fully saturated rings. The predicted molar refractivity (Wildman–Crippen MR) is 216 cm³/mol. The fourth-order valence-electron chi connectivity index (χ4n) is 7.93. The average Bonchev–Trinajstić information content (AvgIpc) is 3.83. The molecular weight excluding hydrogens is 641 g/mol. The lowest BCUT2D eigenvalue weighted by Gasteiger charge is -2.21. The third-order valence-electron chi connectivity index (χ3n) is 10.5. The summed E-state index contributed by atoms with van der Waals surface area (Å²) in [5, 5.41) is 3.55. The van der Waals surface area contributed by atoms with Gasteiger partial charge in [-0.05, 0) is 94.9 Å². The van der Waals surface area contributed by atoms with E-state index in [0.717, 1.165) is 33.3 Å². The van der Waals surface area contributed by atoms with Gasteiger partial charge in [-0.3, -0.25) is 0 Å². The van der Waals surface area contributed by atoms with Gasteiger partial charge in [-0.1, -0.05) is 107 Å². The van der Waals surface area contributed by atoms with Crippen LogP contribution in [0.1, 0.15) is 56.2 Å². The number of fused-ring (bicyclic) bond motifs is 5. The van der Waals surface area contributed by atoms with Crippen molar-refractivity contribution in [2.75, 3.05) is 0 Å². The number of rotatable bonds is 6. The molecule has 4 heteroatoms. The van der Waals surface area contributed by atoms with Gasteiger partial charge in [0.25, 0.3) is 5.82 Å². The molecule has 0 saturated heterocycles. The van der Waals surface area contributed by atoms with E-state index in [0.29, 0.717) is 11.8 Å². The highest BCUT2D eigenvalue weighted by molar-refractivity contribution is 7.22. The summed E-state index contributed by atoms with van der Waals surface area (Å²) >= 11 is 1.83. The summed E-state index contributed by atoms with van der Waals surface area (Å²) in [6, 6.07) is 46.6. The van der Waals surface area contributed by atoms with Gasteiger partial charge >= 0.3 is 0 Å². The number of benzene rings is 6. The van der Waals surface area contributed by atoms with Crippen molar-refractivity contribution in [3.63, 3.8) is 0 Å². The van der Waals surface area contributed by atoms with Crippen molar-refractivity contribution < 1.29 is 8.98 Å². The van der Waals surface area contributed by atoms with Gasteiger partial charge < -0.3 is 4.42 Å². The van der Waals surface area contributed by atoms with Crippen LogP contribution in [0.25, 0.3) is 81.7 Å². The first-order valence-corrected chi connectivity index (χ1v) is 18.8. The van der Waals surface area contributed by atoms with Crippen LogP contribution in [-0.2, 0) is 7.05 Å². The molecule has 0 atom stereocenters. The van der Waals surface area contributed by atoms with Crippen molar-refractivity contribution in [2.24, 2.45) is 7.05 Å². The Kier molecular flexibility index (Phi) is 7.48. The van der Waals surface area contributed by atoms with E-state index in [2.05, 4.69) is 178 Å². The molecule has 0 saturated carbocycles. The van der Waals surface area contributed by atoms with Gasteiger partial charge in [-0.25, -0.2) is 4.57 Å². The van der Waals surface area contributed by atoms with E-state index in [1.165, 1.54) is 65.1 Å². The van der Waals surface area contributed by atoms with Crippen molar-refractivity contribution in [2.45, 2.75) is 46.5 Å². The number of imidazole rings is 1. The zero-order valence-electron chi connectivity index (χ0n) is 30.0. The van der Waals surface area contributed by atoms with Crippen molar-refractivity contribution >= 4 is 54.4 Å². The topological polar surface area (TPSA) is 21.9 Å². The quantitative estimate of drug-likeness (QED) is 0.160. The van der Waals surface area contributed by atoms with Gasteiger partial charge in [-0.15, -0.1) is 11.3 Å². The van der Waals surface area contributed by atoms with Crippen LogP contribution in [0.3, 0.4) is 0 Å². The molecule has 0 aliphatic rings. The van der Waals surface area contributed by atoms with E-state index in [-0.39, 0.29) is 0 Å². The Morgan fingerprint density at radius 1 is 0.647 bits per heavy atom. The van der Waals surface area contributed by atoms with Crippen LogP contribution in [0.5, 0.6) is 0 Å². The fraction of sp³-hybridized carbons (Fsp3) is 0.170. The molecule has 0 unspecified atom stereocenters. The van der Waals surface area contributed by atoms with Gasteiger partial charge in [0.05, 0.1) is 7.05 Å². The summed E-state index contributed by atoms with van der Waals surface area (Å²) in [6.45, 7) is 11.5. The van der Waals surface area contributed by atoms with E-state index in [1.807, 2.05) is 11.3 Å². The first-order valence-electron chi connectivity index (χ1n) is 18.0. The number of hydrogen-bond donors (Lipinski definition) is 0. The summed E-state index contributed by atoms with van der Waals surface area (Å²) < 4.78 is 13.2. The number of thiophene rings is 1. The molecule has 0 bridgehead atoms. The van der Waals surface area contributed by atoms with Crippen LogP contribution in [0, 0.1) is 6.92 Å². The second kappa shape index (κ2) is 12.1. The number of aromatic nitrogens is 2. The zero-order valence-corrected chi connectivity index (χ0v) is 30.8. The van der Waals surface area contributed by atoms with Crippen LogP contribution < -0.4 is 4.57 Å². The zero-order chi connectivity index (χ0) is 35.0. The first-order chi connectivity index (χ1) is 24.8. The molecule has 0 radical (unpaired) electrons. The minimum atomic E-state index is 0.302. The Labute approximate surface area is 303 Å². The van der Waals surface area contributed by atoms with Gasteiger partial charge in [-0.2, -0.15) is 4.57 Å². The van der Waals surface area contributed by atoms with E-state index < -0.39 is 0 Å². The molecular formula is C47H41N2OS+. The fourth-order valence-corrected chi connectivity index (χ4v) is 8.99. The second-order valence-electron chi connectivity index (χ2n) is 14.5. The highest BCUT2D eigenvalue weighted by atomic mass is 32.1. The van der Waals surface area contributed by atoms with Crippen LogP contribution >= 0.6 is 11.3 Å². The van der Waals surface area contributed by atoms with Gasteiger partial charge in [0.15, 0.2) is 16.6 Å². The van der Waals surface area contributed by atoms with E-state index in [9.17, 15) is 0 Å². The SMILES string of the molecule is Cc1ccc2c(oc3cc(-c4cc5ccccc5s4)ccc32)c1-c1n(-c2c(C(C)C)cc(-c3ccccc3)cc2C(C)C)c2ccccc2[n+]1C. The minimum absolute atomic E-state index is 0.302. The number of hydrogen-bond acceptors (Lipinski definition) is 2. The number of aryl methyl sites for hydroxylation is 2. The summed E-state index contributed by atoms with van der Waals surface area (Å²) in [5.74, 6) is 1.73. The van der Waals surface area contributed by atoms with Crippen LogP contribution in [-0.4, -0.2) is 4.57 Å². The van der Waals surface area contributed by atoms with Crippen LogP contribution in [0.4, 0.5) is 0 Å². The van der Waals surface area contributed by atoms with Gasteiger partial charge in [0, 0.05) is 31.5 Å². The highest BCUT2D eigenvalue weighted by Gasteiger charge is 2.34. The lowest BCUT2D eigenvalue weighted by atomic mass is 9.88.